The van der Waals surface area contributed by atoms with Gasteiger partial charge in [0.15, 0.2) is 0 Å². The Bertz CT molecular complexity index is 565. The van der Waals surface area contributed by atoms with E-state index in [1.54, 1.807) is 18.3 Å². The summed E-state index contributed by atoms with van der Waals surface area (Å²) in [6.45, 7) is 3.94. The number of carbonyl (C=O) groups is 1. The summed E-state index contributed by atoms with van der Waals surface area (Å²) in [5.41, 5.74) is 7.10. The smallest absolute Gasteiger partial charge is 0.252 e. The maximum atomic E-state index is 11.4. The van der Waals surface area contributed by atoms with E-state index in [9.17, 15) is 4.79 Å². The Kier molecular flexibility index (Phi) is 2.91. The number of amides is 1. The van der Waals surface area contributed by atoms with Gasteiger partial charge in [-0.15, -0.1) is 0 Å². The number of carbonyl (C=O) groups excluding carboxylic acids is 1. The van der Waals surface area contributed by atoms with Gasteiger partial charge in [-0.3, -0.25) is 9.78 Å². The highest BCUT2D eigenvalue weighted by atomic mass is 16.1. The van der Waals surface area contributed by atoms with Gasteiger partial charge in [0.2, 0.25) is 0 Å². The zero-order chi connectivity index (χ0) is 12.4. The van der Waals surface area contributed by atoms with Crippen LogP contribution in [0.3, 0.4) is 0 Å². The minimum absolute atomic E-state index is 0.176. The lowest BCUT2D eigenvalue weighted by Crippen LogP contribution is -2.19. The zero-order valence-electron chi connectivity index (χ0n) is 9.77. The second kappa shape index (κ2) is 4.37. The molecule has 5 heteroatoms. The van der Waals surface area contributed by atoms with Crippen LogP contribution in [0.5, 0.6) is 0 Å². The number of nitrogens with zero attached hydrogens (tertiary/aromatic N) is 2. The number of anilines is 1. The molecule has 0 aliphatic heterocycles. The van der Waals surface area contributed by atoms with Crippen molar-refractivity contribution in [1.29, 1.82) is 0 Å². The normalized spacial score (nSPS) is 10.8. The van der Waals surface area contributed by atoms with E-state index in [1.165, 1.54) is 0 Å². The molecule has 0 aromatic carbocycles. The Morgan fingerprint density at radius 2 is 2.18 bits per heavy atom. The number of primary amides is 1. The predicted molar refractivity (Wildman–Crippen MR) is 66.8 cm³/mol. The number of nitrogens with one attached hydrogen (secondary N) is 1. The Hall–Kier alpha value is -2.17. The maximum Gasteiger partial charge on any atom is 0.252 e. The summed E-state index contributed by atoms with van der Waals surface area (Å²) < 4.78 is 0. The topological polar surface area (TPSA) is 80.9 Å². The number of nitrogens with two attached hydrogens (primary N) is 1. The van der Waals surface area contributed by atoms with E-state index in [4.69, 9.17) is 5.73 Å². The Balaban J connectivity index is 2.62. The maximum absolute atomic E-state index is 11.4. The number of aromatic nitrogens is 2. The second-order valence-corrected chi connectivity index (χ2v) is 4.09. The highest BCUT2D eigenvalue weighted by Crippen LogP contribution is 2.19. The number of hydrogen-bond acceptors (Lipinski definition) is 4. The van der Waals surface area contributed by atoms with Crippen LogP contribution in [-0.2, 0) is 0 Å². The first-order chi connectivity index (χ1) is 8.08. The summed E-state index contributed by atoms with van der Waals surface area (Å²) in [5, 5.41) is 3.11. The van der Waals surface area contributed by atoms with Crippen LogP contribution < -0.4 is 11.1 Å². The zero-order valence-corrected chi connectivity index (χ0v) is 9.77. The van der Waals surface area contributed by atoms with E-state index in [0.29, 0.717) is 16.9 Å². The molecule has 2 rings (SSSR count). The molecule has 0 saturated carbocycles. The molecule has 0 bridgehead atoms. The van der Waals surface area contributed by atoms with Gasteiger partial charge in [0.1, 0.15) is 5.82 Å². The first kappa shape index (κ1) is 11.3. The summed E-state index contributed by atoms with van der Waals surface area (Å²) in [6, 6.07) is 5.49. The molecule has 0 unspecified atom stereocenters. The van der Waals surface area contributed by atoms with Crippen LogP contribution in [0, 0.1) is 0 Å². The van der Waals surface area contributed by atoms with Gasteiger partial charge in [-0.25, -0.2) is 4.98 Å². The summed E-state index contributed by atoms with van der Waals surface area (Å²) in [7, 11) is 0. The van der Waals surface area contributed by atoms with Gasteiger partial charge in [-0.05, 0) is 32.0 Å². The molecule has 2 aromatic rings. The van der Waals surface area contributed by atoms with Crippen molar-refractivity contribution in [3.63, 3.8) is 0 Å². The van der Waals surface area contributed by atoms with Crippen molar-refractivity contribution in [3.05, 3.63) is 30.0 Å². The molecule has 2 aromatic heterocycles. The number of fused-ring (bicyclic) bond motifs is 1. The fourth-order valence-electron chi connectivity index (χ4n) is 1.57. The fraction of sp³-hybridized carbons (Fsp3) is 0.250. The lowest BCUT2D eigenvalue weighted by molar-refractivity contribution is 0.100. The third-order valence-corrected chi connectivity index (χ3v) is 2.28. The fourth-order valence-corrected chi connectivity index (χ4v) is 1.57. The molecule has 0 aliphatic carbocycles. The predicted octanol–water partition coefficient (Wildman–Crippen LogP) is 1.55. The Morgan fingerprint density at radius 1 is 1.41 bits per heavy atom. The molecule has 1 amide bonds. The van der Waals surface area contributed by atoms with E-state index in [-0.39, 0.29) is 6.04 Å². The third-order valence-electron chi connectivity index (χ3n) is 2.28. The van der Waals surface area contributed by atoms with Gasteiger partial charge >= 0.3 is 0 Å². The highest BCUT2D eigenvalue weighted by molar-refractivity contribution is 6.00. The molecule has 2 heterocycles. The SMILES string of the molecule is CC(C)Nc1nc2cccnc2cc1C(N)=O. The molecular weight excluding hydrogens is 216 g/mol. The minimum Gasteiger partial charge on any atom is -0.367 e. The first-order valence-corrected chi connectivity index (χ1v) is 5.40. The second-order valence-electron chi connectivity index (χ2n) is 4.09. The summed E-state index contributed by atoms with van der Waals surface area (Å²) in [5.74, 6) is 0.00111. The average Bonchev–Trinajstić information content (AvgIpc) is 2.27. The van der Waals surface area contributed by atoms with Crippen molar-refractivity contribution in [1.82, 2.24) is 9.97 Å². The molecule has 88 valence electrons. The first-order valence-electron chi connectivity index (χ1n) is 5.40. The lowest BCUT2D eigenvalue weighted by atomic mass is 10.2. The number of hydrogen-bond donors (Lipinski definition) is 2. The van der Waals surface area contributed by atoms with Crippen LogP contribution in [0.15, 0.2) is 24.4 Å². The van der Waals surface area contributed by atoms with E-state index in [1.807, 2.05) is 19.9 Å². The van der Waals surface area contributed by atoms with E-state index >= 15 is 0 Å². The molecule has 0 radical (unpaired) electrons. The molecule has 0 atom stereocenters. The van der Waals surface area contributed by atoms with E-state index in [0.717, 1.165) is 5.52 Å². The average molecular weight is 230 g/mol. The van der Waals surface area contributed by atoms with Crippen molar-refractivity contribution in [2.24, 2.45) is 5.73 Å². The molecule has 0 aliphatic rings. The van der Waals surface area contributed by atoms with Crippen molar-refractivity contribution < 1.29 is 4.79 Å². The molecule has 17 heavy (non-hydrogen) atoms. The third kappa shape index (κ3) is 2.33. The Morgan fingerprint density at radius 3 is 2.82 bits per heavy atom. The minimum atomic E-state index is -0.506. The molecule has 5 nitrogen and oxygen atoms in total. The van der Waals surface area contributed by atoms with Gasteiger partial charge in [0.25, 0.3) is 5.91 Å². The van der Waals surface area contributed by atoms with E-state index in [2.05, 4.69) is 15.3 Å². The molecule has 3 N–H and O–H groups in total. The van der Waals surface area contributed by atoms with Crippen LogP contribution in [0.1, 0.15) is 24.2 Å². The van der Waals surface area contributed by atoms with Crippen LogP contribution in [-0.4, -0.2) is 21.9 Å². The summed E-state index contributed by atoms with van der Waals surface area (Å²) >= 11 is 0. The molecular formula is C12H14N4O. The van der Waals surface area contributed by atoms with Crippen LogP contribution in [0.2, 0.25) is 0 Å². The van der Waals surface area contributed by atoms with Crippen molar-refractivity contribution in [3.8, 4) is 0 Å². The number of pyridine rings is 2. The van der Waals surface area contributed by atoms with Gasteiger partial charge in [-0.2, -0.15) is 0 Å². The van der Waals surface area contributed by atoms with Crippen molar-refractivity contribution in [2.45, 2.75) is 19.9 Å². The lowest BCUT2D eigenvalue weighted by Gasteiger charge is -2.12. The Labute approximate surface area is 99.1 Å². The van der Waals surface area contributed by atoms with Gasteiger partial charge in [-0.1, -0.05) is 0 Å². The van der Waals surface area contributed by atoms with Gasteiger partial charge in [0, 0.05) is 12.2 Å². The number of rotatable bonds is 3. The summed E-state index contributed by atoms with van der Waals surface area (Å²) in [6.07, 6.45) is 1.66. The standard InChI is InChI=1S/C12H14N4O/c1-7(2)15-12-8(11(13)17)6-10-9(16-12)4-3-5-14-10/h3-7H,1-2H3,(H2,13,17)(H,15,16). The largest absolute Gasteiger partial charge is 0.367 e. The quantitative estimate of drug-likeness (QED) is 0.838. The molecule has 0 spiro atoms. The van der Waals surface area contributed by atoms with E-state index < -0.39 is 5.91 Å². The molecule has 0 saturated heterocycles. The highest BCUT2D eigenvalue weighted by Gasteiger charge is 2.12. The van der Waals surface area contributed by atoms with Gasteiger partial charge in [0.05, 0.1) is 16.6 Å². The van der Waals surface area contributed by atoms with Crippen LogP contribution in [0.25, 0.3) is 11.0 Å². The van der Waals surface area contributed by atoms with Gasteiger partial charge < -0.3 is 11.1 Å². The monoisotopic (exact) mass is 230 g/mol. The van der Waals surface area contributed by atoms with Crippen molar-refractivity contribution >= 4 is 22.8 Å². The van der Waals surface area contributed by atoms with Crippen molar-refractivity contribution in [2.75, 3.05) is 5.32 Å². The molecule has 0 fully saturated rings. The van der Waals surface area contributed by atoms with Crippen LogP contribution >= 0.6 is 0 Å². The van der Waals surface area contributed by atoms with Crippen LogP contribution in [0.4, 0.5) is 5.82 Å². The summed E-state index contributed by atoms with van der Waals surface area (Å²) in [4.78, 5) is 19.9.